The average Bonchev–Trinajstić information content (AvgIpc) is 3.94. The number of nitrogens with zero attached hydrogens (tertiary/aromatic N) is 6. The van der Waals surface area contributed by atoms with Crippen LogP contribution in [-0.2, 0) is 40.6 Å². The summed E-state index contributed by atoms with van der Waals surface area (Å²) in [6, 6.07) is 24.9. The van der Waals surface area contributed by atoms with E-state index in [9.17, 15) is 42.3 Å². The van der Waals surface area contributed by atoms with Gasteiger partial charge >= 0.3 is 12.1 Å². The molecule has 74 heavy (non-hydrogen) atoms. The van der Waals surface area contributed by atoms with Gasteiger partial charge in [0.1, 0.15) is 11.6 Å². The highest BCUT2D eigenvalue weighted by Gasteiger charge is 2.37. The predicted octanol–water partition coefficient (Wildman–Crippen LogP) is 9.20. The third kappa shape index (κ3) is 10.5. The first-order valence-corrected chi connectivity index (χ1v) is 25.3. The van der Waals surface area contributed by atoms with Crippen LogP contribution in [0.5, 0.6) is 5.75 Å². The summed E-state index contributed by atoms with van der Waals surface area (Å²) in [6.07, 6.45) is -0.661. The highest BCUT2D eigenvalue weighted by molar-refractivity contribution is 7.22. The van der Waals surface area contributed by atoms with Gasteiger partial charge in [-0.05, 0) is 135 Å². The van der Waals surface area contributed by atoms with E-state index in [4.69, 9.17) is 4.74 Å². The number of thiazole rings is 1. The number of fused-ring (bicyclic) bond motifs is 3. The molecule has 2 saturated heterocycles. The maximum Gasteiger partial charge on any atom is 0.417 e. The molecule has 0 saturated carbocycles. The number of alkyl halides is 3. The van der Waals surface area contributed by atoms with Crippen LogP contribution >= 0.6 is 11.3 Å². The zero-order valence-electron chi connectivity index (χ0n) is 40.5. The SMILES string of the molecule is C[C@@H]1C[C@H](CCCOc2ccc(-c3ccc(N4CCc5cccc(C(=O)Nc6nc7ccccc7s6)c5C4)nc3C(=O)O)c(C(F)(F)F)c2)CCN1CC(=O)Nc1ccc2c(C3CCC(=O)NC3=O)nn(C)c2c1. The summed E-state index contributed by atoms with van der Waals surface area (Å²) in [5.41, 5.74) is 2.68. The van der Waals surface area contributed by atoms with Gasteiger partial charge in [0.25, 0.3) is 5.91 Å². The Labute approximate surface area is 426 Å². The van der Waals surface area contributed by atoms with Crippen LogP contribution in [0.3, 0.4) is 0 Å². The fraction of sp³-hybridized carbons (Fsp3) is 0.333. The normalized spacial score (nSPS) is 18.3. The van der Waals surface area contributed by atoms with Gasteiger partial charge in [-0.1, -0.05) is 41.7 Å². The minimum absolute atomic E-state index is 0.00369. The third-order valence-corrected chi connectivity index (χ3v) is 15.2. The standard InChI is InChI=1S/C54H52F3N9O7S/c1-30-25-31(20-22-65(30)29-47(68)58-33-12-14-38-43(26-33)64(2)63-48(38)39-17-19-46(67)61-51(39)70)7-6-24-73-34-13-15-35(41(27-34)54(55,56)57)36-16-18-45(60-49(36)52(71)72)66-23-21-32-8-5-9-37(40(32)28-66)50(69)62-53-59-42-10-3-4-11-44(42)74-53/h3-5,8-16,18,26-27,30-31,39H,6-7,17,19-25,28-29H2,1-2H3,(H,58,68)(H,71,72)(H,59,62,69)(H,61,67,70)/t30-,31-,39?/m1/s1. The predicted molar refractivity (Wildman–Crippen MR) is 273 cm³/mol. The zero-order valence-corrected chi connectivity index (χ0v) is 41.3. The second-order valence-corrected chi connectivity index (χ2v) is 20.2. The van der Waals surface area contributed by atoms with Crippen LogP contribution in [0.1, 0.15) is 94.6 Å². The van der Waals surface area contributed by atoms with Gasteiger partial charge in [-0.3, -0.25) is 39.4 Å². The molecule has 382 valence electrons. The number of likely N-dealkylation sites (tertiary alicyclic amines) is 1. The number of aromatic nitrogens is 4. The first-order valence-electron chi connectivity index (χ1n) is 24.5. The summed E-state index contributed by atoms with van der Waals surface area (Å²) in [5, 5.41) is 24.4. The molecule has 0 radical (unpaired) electrons. The summed E-state index contributed by atoms with van der Waals surface area (Å²) >= 11 is 1.36. The van der Waals surface area contributed by atoms with E-state index < -0.39 is 29.3 Å². The number of nitrogens with one attached hydrogen (secondary N) is 3. The molecule has 0 spiro atoms. The number of hydrogen-bond donors (Lipinski definition) is 4. The maximum absolute atomic E-state index is 14.8. The highest BCUT2D eigenvalue weighted by Crippen LogP contribution is 2.41. The summed E-state index contributed by atoms with van der Waals surface area (Å²) in [7, 11) is 1.77. The van der Waals surface area contributed by atoms with Gasteiger partial charge in [0.15, 0.2) is 10.8 Å². The van der Waals surface area contributed by atoms with E-state index in [0.717, 1.165) is 57.6 Å². The lowest BCUT2D eigenvalue weighted by Gasteiger charge is -2.37. The van der Waals surface area contributed by atoms with Crippen molar-refractivity contribution < 1.29 is 47.0 Å². The lowest BCUT2D eigenvalue weighted by Crippen LogP contribution is -2.44. The monoisotopic (exact) mass is 1030 g/mol. The number of carbonyl (C=O) groups is 5. The summed E-state index contributed by atoms with van der Waals surface area (Å²) < 4.78 is 52.8. The van der Waals surface area contributed by atoms with Crippen LogP contribution in [0, 0.1) is 5.92 Å². The Morgan fingerprint density at radius 3 is 2.53 bits per heavy atom. The van der Waals surface area contributed by atoms with E-state index in [1.165, 1.54) is 35.6 Å². The number of carbonyl (C=O) groups excluding carboxylic acids is 4. The summed E-state index contributed by atoms with van der Waals surface area (Å²) in [5.74, 6) is -2.62. The molecule has 7 aromatic rings. The number of benzene rings is 4. The van der Waals surface area contributed by atoms with Gasteiger partial charge in [-0.25, -0.2) is 14.8 Å². The number of aryl methyl sites for hydroxylation is 1. The molecule has 0 bridgehead atoms. The van der Waals surface area contributed by atoms with E-state index in [-0.39, 0.29) is 78.5 Å². The molecule has 3 aliphatic heterocycles. The number of hydrogen-bond acceptors (Lipinski definition) is 12. The van der Waals surface area contributed by atoms with Crippen LogP contribution in [0.25, 0.3) is 32.2 Å². The molecule has 4 amide bonds. The molecule has 3 aliphatic rings. The number of amides is 4. The smallest absolute Gasteiger partial charge is 0.417 e. The van der Waals surface area contributed by atoms with Crippen LogP contribution in [0.15, 0.2) is 91.0 Å². The molecular formula is C54H52F3N9O7S. The Morgan fingerprint density at radius 2 is 1.74 bits per heavy atom. The van der Waals surface area contributed by atoms with Gasteiger partial charge in [0.05, 0.1) is 46.1 Å². The molecule has 10 rings (SSSR count). The van der Waals surface area contributed by atoms with E-state index in [1.54, 1.807) is 23.9 Å². The number of ether oxygens (including phenoxy) is 1. The Hall–Kier alpha value is -7.71. The number of aromatic carboxylic acids is 1. The Morgan fingerprint density at radius 1 is 0.919 bits per heavy atom. The van der Waals surface area contributed by atoms with E-state index in [1.807, 2.05) is 53.4 Å². The first-order chi connectivity index (χ1) is 35.6. The minimum atomic E-state index is -4.85. The van der Waals surface area contributed by atoms with Crippen molar-refractivity contribution in [3.63, 3.8) is 0 Å². The molecule has 0 aliphatic carbocycles. The molecule has 4 aromatic carbocycles. The molecule has 16 nitrogen and oxygen atoms in total. The lowest BCUT2D eigenvalue weighted by molar-refractivity contribution is -0.137. The number of imide groups is 1. The van der Waals surface area contributed by atoms with Crippen molar-refractivity contribution in [2.24, 2.45) is 13.0 Å². The van der Waals surface area contributed by atoms with Gasteiger partial charge < -0.3 is 20.1 Å². The van der Waals surface area contributed by atoms with Crippen molar-refractivity contribution in [1.82, 2.24) is 30.0 Å². The second-order valence-electron chi connectivity index (χ2n) is 19.1. The van der Waals surface area contributed by atoms with Crippen molar-refractivity contribution in [3.05, 3.63) is 125 Å². The van der Waals surface area contributed by atoms with Crippen molar-refractivity contribution >= 4 is 78.7 Å². The Bertz CT molecular complexity index is 3320. The van der Waals surface area contributed by atoms with Crippen molar-refractivity contribution in [2.75, 3.05) is 41.8 Å². The van der Waals surface area contributed by atoms with E-state index in [0.29, 0.717) is 60.3 Å². The third-order valence-electron chi connectivity index (χ3n) is 14.3. The molecule has 6 heterocycles. The number of carboxylic acid groups (broad SMARTS) is 1. The van der Waals surface area contributed by atoms with Crippen LogP contribution in [0.4, 0.5) is 29.8 Å². The second kappa shape index (κ2) is 20.7. The maximum atomic E-state index is 14.8. The lowest BCUT2D eigenvalue weighted by atomic mass is 9.88. The number of carboxylic acids is 1. The molecule has 20 heteroatoms. The highest BCUT2D eigenvalue weighted by atomic mass is 32.1. The first kappa shape index (κ1) is 49.9. The Balaban J connectivity index is 0.733. The number of halogens is 3. The van der Waals surface area contributed by atoms with Crippen LogP contribution < -0.4 is 25.6 Å². The van der Waals surface area contributed by atoms with Gasteiger partial charge in [-0.15, -0.1) is 0 Å². The van der Waals surface area contributed by atoms with E-state index >= 15 is 0 Å². The minimum Gasteiger partial charge on any atom is -0.494 e. The average molecular weight is 1030 g/mol. The summed E-state index contributed by atoms with van der Waals surface area (Å²) in [4.78, 5) is 76.6. The molecule has 3 atom stereocenters. The summed E-state index contributed by atoms with van der Waals surface area (Å²) in [6.45, 7) is 3.78. The van der Waals surface area contributed by atoms with Gasteiger partial charge in [-0.2, -0.15) is 18.3 Å². The molecular weight excluding hydrogens is 976 g/mol. The number of rotatable bonds is 14. The topological polar surface area (TPSA) is 201 Å². The number of para-hydroxylation sites is 1. The zero-order chi connectivity index (χ0) is 51.8. The number of pyridine rings is 1. The number of piperidine rings is 2. The molecule has 3 aromatic heterocycles. The molecule has 1 unspecified atom stereocenters. The fourth-order valence-corrected chi connectivity index (χ4v) is 11.4. The van der Waals surface area contributed by atoms with Crippen molar-refractivity contribution in [2.45, 2.75) is 76.6 Å². The quantitative estimate of drug-likeness (QED) is 0.0596. The molecule has 2 fully saturated rings. The van der Waals surface area contributed by atoms with E-state index in [2.05, 4.69) is 42.8 Å². The largest absolute Gasteiger partial charge is 0.494 e. The van der Waals surface area contributed by atoms with Crippen molar-refractivity contribution in [3.8, 4) is 16.9 Å². The Kier molecular flexibility index (Phi) is 13.9. The van der Waals surface area contributed by atoms with Gasteiger partial charge in [0.2, 0.25) is 17.7 Å². The van der Waals surface area contributed by atoms with Gasteiger partial charge in [0, 0.05) is 54.8 Å². The van der Waals surface area contributed by atoms with Crippen molar-refractivity contribution in [1.29, 1.82) is 0 Å². The van der Waals surface area contributed by atoms with Crippen LogP contribution in [0.2, 0.25) is 0 Å². The fourth-order valence-electron chi connectivity index (χ4n) is 10.5. The molecule has 4 N–H and O–H groups in total. The van der Waals surface area contributed by atoms with Crippen LogP contribution in [-0.4, -0.2) is 91.6 Å². The number of anilines is 3.